The number of benzene rings is 2. The molecule has 0 radical (unpaired) electrons. The number of fused-ring (bicyclic) bond motifs is 1. The third-order valence-electron chi connectivity index (χ3n) is 4.46. The van der Waals surface area contributed by atoms with Gasteiger partial charge in [0.05, 0.1) is 6.04 Å². The Bertz CT molecular complexity index is 746. The van der Waals surface area contributed by atoms with Gasteiger partial charge in [-0.2, -0.15) is 0 Å². The summed E-state index contributed by atoms with van der Waals surface area (Å²) < 4.78 is 0. The second-order valence-corrected chi connectivity index (χ2v) is 6.34. The highest BCUT2D eigenvalue weighted by molar-refractivity contribution is 5.93. The summed E-state index contributed by atoms with van der Waals surface area (Å²) in [5.74, 6) is -0.176. The molecule has 0 saturated heterocycles. The number of amides is 3. The normalized spacial score (nSPS) is 17.1. The lowest BCUT2D eigenvalue weighted by molar-refractivity contribution is -0.123. The fourth-order valence-electron chi connectivity index (χ4n) is 3.15. The molecule has 2 aromatic rings. The molecule has 2 aromatic carbocycles. The molecular weight excluding hydrogens is 314 g/mol. The molecule has 3 N–H and O–H groups in total. The molecule has 130 valence electrons. The van der Waals surface area contributed by atoms with Gasteiger partial charge in [-0.1, -0.05) is 42.5 Å². The molecule has 5 heteroatoms. The standard InChI is InChI=1S/C20H23N3O2/c1-14(21-20(25)22-16-10-3-2-4-11-16)19(24)23-18-13-7-9-15-8-5-6-12-17(15)18/h2-6,8,10-12,14,18H,7,9,13H2,1H3,(H,23,24)(H2,21,22,25)/t14-,18+/m1/s1. The highest BCUT2D eigenvalue weighted by Crippen LogP contribution is 2.29. The van der Waals surface area contributed by atoms with Crippen molar-refractivity contribution >= 4 is 17.6 Å². The van der Waals surface area contributed by atoms with Gasteiger partial charge in [-0.05, 0) is 49.4 Å². The molecule has 0 aliphatic heterocycles. The lowest BCUT2D eigenvalue weighted by atomic mass is 9.87. The zero-order chi connectivity index (χ0) is 17.6. The molecule has 0 fully saturated rings. The summed E-state index contributed by atoms with van der Waals surface area (Å²) in [5, 5.41) is 8.46. The van der Waals surface area contributed by atoms with E-state index in [0.29, 0.717) is 5.69 Å². The molecule has 1 aliphatic carbocycles. The predicted molar refractivity (Wildman–Crippen MR) is 98.3 cm³/mol. The van der Waals surface area contributed by atoms with Crippen LogP contribution in [0, 0.1) is 0 Å². The Hall–Kier alpha value is -2.82. The number of hydrogen-bond donors (Lipinski definition) is 3. The van der Waals surface area contributed by atoms with Crippen molar-refractivity contribution in [2.45, 2.75) is 38.3 Å². The fraction of sp³-hybridized carbons (Fsp3) is 0.300. The highest BCUT2D eigenvalue weighted by atomic mass is 16.2. The number of urea groups is 1. The minimum Gasteiger partial charge on any atom is -0.348 e. The van der Waals surface area contributed by atoms with Gasteiger partial charge < -0.3 is 16.0 Å². The maximum atomic E-state index is 12.5. The van der Waals surface area contributed by atoms with Crippen LogP contribution >= 0.6 is 0 Å². The van der Waals surface area contributed by atoms with Gasteiger partial charge in [0.1, 0.15) is 6.04 Å². The first-order valence-electron chi connectivity index (χ1n) is 8.64. The Morgan fingerprint density at radius 3 is 2.56 bits per heavy atom. The molecule has 3 amide bonds. The molecule has 2 atom stereocenters. The van der Waals surface area contributed by atoms with Crippen LogP contribution in [0.5, 0.6) is 0 Å². The van der Waals surface area contributed by atoms with Gasteiger partial charge in [-0.25, -0.2) is 4.79 Å². The van der Waals surface area contributed by atoms with Crippen LogP contribution in [0.2, 0.25) is 0 Å². The van der Waals surface area contributed by atoms with Gasteiger partial charge in [0.15, 0.2) is 0 Å². The summed E-state index contributed by atoms with van der Waals surface area (Å²) >= 11 is 0. The second-order valence-electron chi connectivity index (χ2n) is 6.34. The molecule has 0 spiro atoms. The quantitative estimate of drug-likeness (QED) is 0.800. The van der Waals surface area contributed by atoms with Crippen LogP contribution in [0.15, 0.2) is 54.6 Å². The molecule has 0 aromatic heterocycles. The Kier molecular flexibility index (Phi) is 5.33. The molecule has 0 heterocycles. The summed E-state index contributed by atoms with van der Waals surface area (Å²) in [6, 6.07) is 16.4. The molecule has 0 unspecified atom stereocenters. The average Bonchev–Trinajstić information content (AvgIpc) is 2.62. The van der Waals surface area contributed by atoms with E-state index < -0.39 is 12.1 Å². The number of aryl methyl sites for hydroxylation is 1. The van der Waals surface area contributed by atoms with Gasteiger partial charge >= 0.3 is 6.03 Å². The first kappa shape index (κ1) is 17.0. The first-order chi connectivity index (χ1) is 12.1. The highest BCUT2D eigenvalue weighted by Gasteiger charge is 2.24. The van der Waals surface area contributed by atoms with E-state index in [-0.39, 0.29) is 11.9 Å². The monoisotopic (exact) mass is 337 g/mol. The fourth-order valence-corrected chi connectivity index (χ4v) is 3.15. The van der Waals surface area contributed by atoms with Crippen molar-refractivity contribution in [2.24, 2.45) is 0 Å². The van der Waals surface area contributed by atoms with Crippen molar-refractivity contribution in [3.63, 3.8) is 0 Å². The van der Waals surface area contributed by atoms with Crippen LogP contribution in [0.3, 0.4) is 0 Å². The number of rotatable bonds is 4. The van der Waals surface area contributed by atoms with E-state index in [2.05, 4.69) is 28.1 Å². The summed E-state index contributed by atoms with van der Waals surface area (Å²) in [7, 11) is 0. The molecule has 3 rings (SSSR count). The Labute approximate surface area is 147 Å². The summed E-state index contributed by atoms with van der Waals surface area (Å²) in [6.45, 7) is 1.69. The van der Waals surface area contributed by atoms with Gasteiger partial charge in [-0.3, -0.25) is 4.79 Å². The van der Waals surface area contributed by atoms with Crippen molar-refractivity contribution < 1.29 is 9.59 Å². The van der Waals surface area contributed by atoms with E-state index in [9.17, 15) is 9.59 Å². The maximum Gasteiger partial charge on any atom is 0.319 e. The van der Waals surface area contributed by atoms with Crippen LogP contribution in [0.25, 0.3) is 0 Å². The summed E-state index contributed by atoms with van der Waals surface area (Å²) in [5.41, 5.74) is 3.17. The number of carbonyl (C=O) groups excluding carboxylic acids is 2. The predicted octanol–water partition coefficient (Wildman–Crippen LogP) is 3.39. The Morgan fingerprint density at radius 1 is 1.04 bits per heavy atom. The van der Waals surface area contributed by atoms with E-state index in [1.54, 1.807) is 19.1 Å². The molecule has 5 nitrogen and oxygen atoms in total. The third kappa shape index (κ3) is 4.38. The van der Waals surface area contributed by atoms with Crippen molar-refractivity contribution in [2.75, 3.05) is 5.32 Å². The average molecular weight is 337 g/mol. The van der Waals surface area contributed by atoms with E-state index in [1.807, 2.05) is 30.3 Å². The van der Waals surface area contributed by atoms with Gasteiger partial charge in [0, 0.05) is 5.69 Å². The molecule has 0 bridgehead atoms. The summed E-state index contributed by atoms with van der Waals surface area (Å²) in [4.78, 5) is 24.5. The maximum absolute atomic E-state index is 12.5. The Balaban J connectivity index is 1.55. The van der Waals surface area contributed by atoms with Gasteiger partial charge in [-0.15, -0.1) is 0 Å². The lowest BCUT2D eigenvalue weighted by Crippen LogP contribution is -2.47. The zero-order valence-electron chi connectivity index (χ0n) is 14.3. The van der Waals surface area contributed by atoms with Crippen LogP contribution in [-0.4, -0.2) is 18.0 Å². The SMILES string of the molecule is C[C@@H](NC(=O)Nc1ccccc1)C(=O)N[C@H]1CCCc2ccccc21. The van der Waals surface area contributed by atoms with E-state index in [4.69, 9.17) is 0 Å². The van der Waals surface area contributed by atoms with Crippen molar-refractivity contribution in [3.05, 3.63) is 65.7 Å². The van der Waals surface area contributed by atoms with Crippen molar-refractivity contribution in [1.29, 1.82) is 0 Å². The molecule has 1 aliphatic rings. The largest absolute Gasteiger partial charge is 0.348 e. The Morgan fingerprint density at radius 2 is 1.76 bits per heavy atom. The van der Waals surface area contributed by atoms with Crippen LogP contribution in [0.1, 0.15) is 36.9 Å². The molecular formula is C20H23N3O2. The van der Waals surface area contributed by atoms with E-state index in [1.165, 1.54) is 11.1 Å². The minimum absolute atomic E-state index is 0.0129. The van der Waals surface area contributed by atoms with Crippen molar-refractivity contribution in [1.82, 2.24) is 10.6 Å². The second kappa shape index (κ2) is 7.83. The van der Waals surface area contributed by atoms with Crippen LogP contribution in [-0.2, 0) is 11.2 Å². The third-order valence-corrected chi connectivity index (χ3v) is 4.46. The molecule has 0 saturated carbocycles. The number of anilines is 1. The molecule has 25 heavy (non-hydrogen) atoms. The van der Waals surface area contributed by atoms with Gasteiger partial charge in [0.25, 0.3) is 0 Å². The number of carbonyl (C=O) groups is 2. The van der Waals surface area contributed by atoms with Crippen LogP contribution < -0.4 is 16.0 Å². The number of nitrogens with one attached hydrogen (secondary N) is 3. The van der Waals surface area contributed by atoms with Gasteiger partial charge in [0.2, 0.25) is 5.91 Å². The minimum atomic E-state index is -0.613. The van der Waals surface area contributed by atoms with Crippen molar-refractivity contribution in [3.8, 4) is 0 Å². The number of hydrogen-bond acceptors (Lipinski definition) is 2. The topological polar surface area (TPSA) is 70.2 Å². The summed E-state index contributed by atoms with van der Waals surface area (Å²) in [6.07, 6.45) is 3.03. The number of para-hydroxylation sites is 1. The van der Waals surface area contributed by atoms with Crippen LogP contribution in [0.4, 0.5) is 10.5 Å². The van der Waals surface area contributed by atoms with E-state index >= 15 is 0 Å². The lowest BCUT2D eigenvalue weighted by Gasteiger charge is -2.27. The zero-order valence-corrected chi connectivity index (χ0v) is 14.3. The first-order valence-corrected chi connectivity index (χ1v) is 8.64. The van der Waals surface area contributed by atoms with E-state index in [0.717, 1.165) is 19.3 Å². The smallest absolute Gasteiger partial charge is 0.319 e.